The lowest BCUT2D eigenvalue weighted by molar-refractivity contribution is 0.101. The molecule has 3 heteroatoms. The fraction of sp³-hybridized carbons (Fsp3) is 0.556. The van der Waals surface area contributed by atoms with Crippen molar-refractivity contribution >= 4 is 0 Å². The number of hydrogen-bond acceptors (Lipinski definition) is 3. The summed E-state index contributed by atoms with van der Waals surface area (Å²) in [7, 11) is 1.72. The normalized spacial score (nSPS) is 34.4. The van der Waals surface area contributed by atoms with Gasteiger partial charge in [-0.15, -0.1) is 0 Å². The predicted octanol–water partition coefficient (Wildman–Crippen LogP) is 3.78. The van der Waals surface area contributed by atoms with Crippen LogP contribution in [0.1, 0.15) is 43.6 Å². The van der Waals surface area contributed by atoms with Crippen LogP contribution in [0.15, 0.2) is 36.1 Å². The maximum Gasteiger partial charge on any atom is 0.118 e. The molecule has 0 spiro atoms. The molecule has 0 amide bonds. The van der Waals surface area contributed by atoms with Gasteiger partial charge in [-0.2, -0.15) is 5.48 Å². The Morgan fingerprint density at radius 1 is 1.14 bits per heavy atom. The molecule has 1 heterocycles. The Bertz CT molecular complexity index is 537. The van der Waals surface area contributed by atoms with Gasteiger partial charge in [-0.1, -0.05) is 31.4 Å². The van der Waals surface area contributed by atoms with E-state index in [9.17, 15) is 0 Å². The number of hydrogen-bond donors (Lipinski definition) is 1. The van der Waals surface area contributed by atoms with Crippen molar-refractivity contribution in [3.05, 3.63) is 41.7 Å². The molecule has 1 aliphatic heterocycles. The van der Waals surface area contributed by atoms with E-state index in [0.29, 0.717) is 12.0 Å². The van der Waals surface area contributed by atoms with Crippen LogP contribution in [-0.2, 0) is 4.84 Å². The number of hydroxylamine groups is 1. The summed E-state index contributed by atoms with van der Waals surface area (Å²) in [5.41, 5.74) is 6.06. The zero-order valence-electron chi connectivity index (χ0n) is 12.5. The third-order valence-corrected chi connectivity index (χ3v) is 5.58. The molecule has 112 valence electrons. The fourth-order valence-electron chi connectivity index (χ4n) is 4.58. The lowest BCUT2D eigenvalue weighted by Gasteiger charge is -2.44. The Balaban J connectivity index is 1.70. The Kier molecular flexibility index (Phi) is 3.38. The summed E-state index contributed by atoms with van der Waals surface area (Å²) in [4.78, 5) is 5.46. The van der Waals surface area contributed by atoms with E-state index >= 15 is 0 Å². The summed E-state index contributed by atoms with van der Waals surface area (Å²) >= 11 is 0. The molecule has 1 aromatic carbocycles. The zero-order chi connectivity index (χ0) is 14.2. The maximum atomic E-state index is 5.46. The zero-order valence-corrected chi connectivity index (χ0v) is 12.5. The third-order valence-electron chi connectivity index (χ3n) is 5.58. The van der Waals surface area contributed by atoms with Crippen LogP contribution in [0.5, 0.6) is 5.75 Å². The molecule has 2 aliphatic carbocycles. The minimum absolute atomic E-state index is 0.413. The molecule has 0 aromatic heterocycles. The van der Waals surface area contributed by atoms with E-state index in [1.54, 1.807) is 7.11 Å². The Hall–Kier alpha value is -1.48. The Morgan fingerprint density at radius 3 is 2.76 bits per heavy atom. The van der Waals surface area contributed by atoms with Crippen LogP contribution in [-0.4, -0.2) is 13.2 Å². The highest BCUT2D eigenvalue weighted by atomic mass is 16.6. The topological polar surface area (TPSA) is 30.5 Å². The van der Waals surface area contributed by atoms with Crippen LogP contribution in [0.4, 0.5) is 0 Å². The molecule has 21 heavy (non-hydrogen) atoms. The van der Waals surface area contributed by atoms with Gasteiger partial charge >= 0.3 is 0 Å². The molecule has 2 fully saturated rings. The number of fused-ring (bicyclic) bond motifs is 2. The van der Waals surface area contributed by atoms with Gasteiger partial charge < -0.3 is 9.57 Å². The van der Waals surface area contributed by atoms with Crippen LogP contribution in [0.3, 0.4) is 0 Å². The number of methoxy groups -OCH3 is 1. The van der Waals surface area contributed by atoms with Crippen molar-refractivity contribution in [3.8, 4) is 5.75 Å². The summed E-state index contributed by atoms with van der Waals surface area (Å²) in [5, 5.41) is 0. The minimum atomic E-state index is 0.413. The molecular weight excluding hydrogens is 262 g/mol. The average molecular weight is 285 g/mol. The number of nitrogens with one attached hydrogen (secondary N) is 1. The smallest absolute Gasteiger partial charge is 0.118 e. The summed E-state index contributed by atoms with van der Waals surface area (Å²) in [6.07, 6.45) is 8.70. The van der Waals surface area contributed by atoms with Crippen molar-refractivity contribution in [1.29, 1.82) is 0 Å². The van der Waals surface area contributed by atoms with E-state index < -0.39 is 0 Å². The van der Waals surface area contributed by atoms with Gasteiger partial charge in [0.05, 0.1) is 13.2 Å². The second kappa shape index (κ2) is 5.38. The highest BCUT2D eigenvalue weighted by molar-refractivity contribution is 5.38. The van der Waals surface area contributed by atoms with Crippen molar-refractivity contribution in [2.24, 2.45) is 11.8 Å². The monoisotopic (exact) mass is 285 g/mol. The number of benzene rings is 1. The minimum Gasteiger partial charge on any atom is -0.497 e. The summed E-state index contributed by atoms with van der Waals surface area (Å²) in [6, 6.07) is 9.05. The second-order valence-corrected chi connectivity index (χ2v) is 6.60. The van der Waals surface area contributed by atoms with E-state index in [0.717, 1.165) is 17.6 Å². The molecule has 1 N–H and O–H groups in total. The molecule has 3 nitrogen and oxygen atoms in total. The van der Waals surface area contributed by atoms with E-state index in [-0.39, 0.29) is 0 Å². The van der Waals surface area contributed by atoms with Crippen molar-refractivity contribution < 1.29 is 9.57 Å². The van der Waals surface area contributed by atoms with Crippen molar-refractivity contribution in [2.45, 2.75) is 44.1 Å². The lowest BCUT2D eigenvalue weighted by Crippen LogP contribution is -2.41. The maximum absolute atomic E-state index is 5.46. The SMILES string of the molecule is COc1ccc(C2C3=CONC3CC3CCCCC32)cc1. The largest absolute Gasteiger partial charge is 0.497 e. The van der Waals surface area contributed by atoms with Crippen molar-refractivity contribution in [1.82, 2.24) is 5.48 Å². The van der Waals surface area contributed by atoms with Crippen molar-refractivity contribution in [2.75, 3.05) is 7.11 Å². The van der Waals surface area contributed by atoms with Crippen molar-refractivity contribution in [3.63, 3.8) is 0 Å². The highest BCUT2D eigenvalue weighted by Crippen LogP contribution is 2.51. The molecule has 0 radical (unpaired) electrons. The quantitative estimate of drug-likeness (QED) is 0.897. The van der Waals surface area contributed by atoms with E-state index in [1.807, 2.05) is 6.26 Å². The van der Waals surface area contributed by atoms with Gasteiger partial charge in [0.15, 0.2) is 0 Å². The van der Waals surface area contributed by atoms with Crippen LogP contribution >= 0.6 is 0 Å². The van der Waals surface area contributed by atoms with E-state index in [2.05, 4.69) is 29.7 Å². The van der Waals surface area contributed by atoms with E-state index in [4.69, 9.17) is 9.57 Å². The Labute approximate surface area is 126 Å². The molecular formula is C18H23NO2. The van der Waals surface area contributed by atoms with Gasteiger partial charge in [0.2, 0.25) is 0 Å². The first-order valence-electron chi connectivity index (χ1n) is 8.12. The number of rotatable bonds is 2. The average Bonchev–Trinajstić information content (AvgIpc) is 3.00. The van der Waals surface area contributed by atoms with Crippen LogP contribution < -0.4 is 10.2 Å². The van der Waals surface area contributed by atoms with E-state index in [1.165, 1.54) is 43.2 Å². The van der Waals surface area contributed by atoms with Gasteiger partial charge in [-0.25, -0.2) is 0 Å². The third kappa shape index (κ3) is 2.24. The fourth-order valence-corrected chi connectivity index (χ4v) is 4.58. The summed E-state index contributed by atoms with van der Waals surface area (Å²) in [6.45, 7) is 0. The molecule has 4 rings (SSSR count). The second-order valence-electron chi connectivity index (χ2n) is 6.60. The summed E-state index contributed by atoms with van der Waals surface area (Å²) < 4.78 is 5.30. The number of ether oxygens (including phenoxy) is 1. The first-order valence-corrected chi connectivity index (χ1v) is 8.12. The molecule has 1 aromatic rings. The van der Waals surface area contributed by atoms with Crippen LogP contribution in [0.25, 0.3) is 0 Å². The summed E-state index contributed by atoms with van der Waals surface area (Å²) in [5.74, 6) is 3.05. The van der Waals surface area contributed by atoms with Gasteiger partial charge in [0.25, 0.3) is 0 Å². The molecule has 0 bridgehead atoms. The van der Waals surface area contributed by atoms with Gasteiger partial charge in [-0.05, 0) is 47.9 Å². The molecule has 2 saturated carbocycles. The Morgan fingerprint density at radius 2 is 1.95 bits per heavy atom. The molecule has 4 atom stereocenters. The predicted molar refractivity (Wildman–Crippen MR) is 81.9 cm³/mol. The highest BCUT2D eigenvalue weighted by Gasteiger charge is 2.44. The molecule has 4 unspecified atom stereocenters. The van der Waals surface area contributed by atoms with Gasteiger partial charge in [-0.3, -0.25) is 0 Å². The lowest BCUT2D eigenvalue weighted by atomic mass is 9.61. The first-order chi connectivity index (χ1) is 10.4. The van der Waals surface area contributed by atoms with Crippen LogP contribution in [0, 0.1) is 11.8 Å². The van der Waals surface area contributed by atoms with Gasteiger partial charge in [0.1, 0.15) is 12.0 Å². The first kappa shape index (κ1) is 13.2. The van der Waals surface area contributed by atoms with Crippen LogP contribution in [0.2, 0.25) is 0 Å². The molecule has 0 saturated heterocycles. The molecule has 3 aliphatic rings. The van der Waals surface area contributed by atoms with Gasteiger partial charge in [0, 0.05) is 5.92 Å². The standard InChI is InChI=1S/C18H23NO2/c1-20-14-8-6-12(7-9-14)18-15-5-3-2-4-13(15)10-17-16(18)11-21-19-17/h6-9,11,13,15,17-19H,2-5,10H2,1H3.